The number of hydrogen-bond acceptors (Lipinski definition) is 5. The van der Waals surface area contributed by atoms with E-state index in [-0.39, 0.29) is 18.5 Å². The van der Waals surface area contributed by atoms with Gasteiger partial charge in [-0.25, -0.2) is 0 Å². The summed E-state index contributed by atoms with van der Waals surface area (Å²) in [5, 5.41) is 2.89. The number of rotatable bonds is 15. The predicted molar refractivity (Wildman–Crippen MR) is 110 cm³/mol. The van der Waals surface area contributed by atoms with Crippen molar-refractivity contribution in [3.63, 3.8) is 0 Å². The smallest absolute Gasteiger partial charge is 0.305 e. The first-order valence-electron chi connectivity index (χ1n) is 9.55. The number of carbonyl (C=O) groups excluding carboxylic acids is 2. The Morgan fingerprint density at radius 3 is 2.64 bits per heavy atom. The highest BCUT2D eigenvalue weighted by Gasteiger charge is 2.20. The number of carbonyl (C=O) groups is 2. The Labute approximate surface area is 167 Å². The topological polar surface area (TPSA) is 73.9 Å². The number of benzene rings is 1. The average molecular weight is 389 g/mol. The normalized spacial score (nSPS) is 11.3. The van der Waals surface area contributed by atoms with Crippen LogP contribution in [-0.4, -0.2) is 38.3 Å². The van der Waals surface area contributed by atoms with Gasteiger partial charge in [0.15, 0.2) is 0 Å². The lowest BCUT2D eigenvalue weighted by Gasteiger charge is -2.18. The van der Waals surface area contributed by atoms with Crippen LogP contribution < -0.4 is 10.1 Å². The number of methoxy groups -OCH3 is 1. The largest absolute Gasteiger partial charge is 0.491 e. The predicted octanol–water partition coefficient (Wildman–Crippen LogP) is 4.27. The summed E-state index contributed by atoms with van der Waals surface area (Å²) in [6, 6.07) is 7.29. The Kier molecular flexibility index (Phi) is 12.1. The van der Waals surface area contributed by atoms with E-state index in [2.05, 4.69) is 23.2 Å². The Morgan fingerprint density at radius 2 is 1.93 bits per heavy atom. The van der Waals surface area contributed by atoms with E-state index in [1.165, 1.54) is 7.11 Å². The SMILES string of the molecule is C=CCCOc1ccccc1NC(=O)C(CCCCCC(=O)OC)OCC=C. The van der Waals surface area contributed by atoms with Crippen molar-refractivity contribution in [3.8, 4) is 5.75 Å². The number of para-hydroxylation sites is 2. The molecule has 0 heterocycles. The maximum atomic E-state index is 12.7. The van der Waals surface area contributed by atoms with E-state index in [1.807, 2.05) is 18.2 Å². The van der Waals surface area contributed by atoms with Crippen LogP contribution in [0.3, 0.4) is 0 Å². The first kappa shape index (κ1) is 23.4. The molecule has 0 radical (unpaired) electrons. The Balaban J connectivity index is 2.60. The van der Waals surface area contributed by atoms with Crippen molar-refractivity contribution in [2.75, 3.05) is 25.6 Å². The molecule has 1 unspecified atom stereocenters. The summed E-state index contributed by atoms with van der Waals surface area (Å²) in [5.41, 5.74) is 0.606. The van der Waals surface area contributed by atoms with Gasteiger partial charge in [-0.2, -0.15) is 0 Å². The zero-order valence-corrected chi connectivity index (χ0v) is 16.7. The zero-order chi connectivity index (χ0) is 20.6. The Morgan fingerprint density at radius 1 is 1.14 bits per heavy atom. The van der Waals surface area contributed by atoms with Gasteiger partial charge < -0.3 is 19.5 Å². The number of nitrogens with one attached hydrogen (secondary N) is 1. The molecule has 0 aliphatic rings. The number of esters is 1. The first-order chi connectivity index (χ1) is 13.6. The van der Waals surface area contributed by atoms with E-state index in [9.17, 15) is 9.59 Å². The summed E-state index contributed by atoms with van der Waals surface area (Å²) in [5.74, 6) is 0.165. The summed E-state index contributed by atoms with van der Waals surface area (Å²) >= 11 is 0. The highest BCUT2D eigenvalue weighted by atomic mass is 16.5. The summed E-state index contributed by atoms with van der Waals surface area (Å²) in [6.45, 7) is 8.09. The summed E-state index contributed by atoms with van der Waals surface area (Å²) in [6.07, 6.45) is 6.77. The summed E-state index contributed by atoms with van der Waals surface area (Å²) in [4.78, 5) is 23.9. The van der Waals surface area contributed by atoms with E-state index >= 15 is 0 Å². The molecule has 0 bridgehead atoms. The molecule has 0 fully saturated rings. The van der Waals surface area contributed by atoms with Gasteiger partial charge in [0.1, 0.15) is 11.9 Å². The third-order valence-corrected chi connectivity index (χ3v) is 4.01. The van der Waals surface area contributed by atoms with Crippen molar-refractivity contribution in [2.24, 2.45) is 0 Å². The molecule has 0 aromatic heterocycles. The molecule has 1 atom stereocenters. The van der Waals surface area contributed by atoms with Crippen molar-refractivity contribution in [1.29, 1.82) is 0 Å². The van der Waals surface area contributed by atoms with E-state index < -0.39 is 6.10 Å². The van der Waals surface area contributed by atoms with Crippen LogP contribution in [-0.2, 0) is 19.1 Å². The van der Waals surface area contributed by atoms with Gasteiger partial charge >= 0.3 is 5.97 Å². The van der Waals surface area contributed by atoms with Gasteiger partial charge in [-0.1, -0.05) is 37.1 Å². The van der Waals surface area contributed by atoms with Crippen LogP contribution in [0, 0.1) is 0 Å². The third kappa shape index (κ3) is 9.37. The van der Waals surface area contributed by atoms with Gasteiger partial charge in [-0.15, -0.1) is 13.2 Å². The molecule has 28 heavy (non-hydrogen) atoms. The Hall–Kier alpha value is -2.60. The Bertz CT molecular complexity index is 629. The van der Waals surface area contributed by atoms with Crippen LogP contribution in [0.15, 0.2) is 49.6 Å². The van der Waals surface area contributed by atoms with Crippen molar-refractivity contribution in [1.82, 2.24) is 0 Å². The second kappa shape index (κ2) is 14.5. The quantitative estimate of drug-likeness (QED) is 0.275. The van der Waals surface area contributed by atoms with Gasteiger partial charge in [-0.3, -0.25) is 9.59 Å². The fraction of sp³-hybridized carbons (Fsp3) is 0.455. The second-order valence-electron chi connectivity index (χ2n) is 6.20. The van der Waals surface area contributed by atoms with Crippen molar-refractivity contribution < 1.29 is 23.8 Å². The van der Waals surface area contributed by atoms with Crippen molar-refractivity contribution in [3.05, 3.63) is 49.6 Å². The van der Waals surface area contributed by atoms with E-state index in [0.29, 0.717) is 30.9 Å². The van der Waals surface area contributed by atoms with Gasteiger partial charge in [0.2, 0.25) is 0 Å². The van der Waals surface area contributed by atoms with Crippen molar-refractivity contribution >= 4 is 17.6 Å². The van der Waals surface area contributed by atoms with Crippen molar-refractivity contribution in [2.45, 2.75) is 44.6 Å². The molecule has 0 spiro atoms. The monoisotopic (exact) mass is 389 g/mol. The van der Waals surface area contributed by atoms with E-state index in [1.54, 1.807) is 18.2 Å². The van der Waals surface area contributed by atoms with Gasteiger partial charge in [-0.05, 0) is 31.4 Å². The molecule has 0 aliphatic carbocycles. The minimum Gasteiger partial charge on any atom is -0.491 e. The molecule has 1 aromatic rings. The van der Waals surface area contributed by atoms with Crippen LogP contribution in [0.5, 0.6) is 5.75 Å². The molecule has 1 aromatic carbocycles. The van der Waals surface area contributed by atoms with Gasteiger partial charge in [0.05, 0.1) is 26.0 Å². The van der Waals surface area contributed by atoms with Crippen LogP contribution in [0.2, 0.25) is 0 Å². The lowest BCUT2D eigenvalue weighted by Crippen LogP contribution is -2.31. The maximum absolute atomic E-state index is 12.7. The van der Waals surface area contributed by atoms with Gasteiger partial charge in [0.25, 0.3) is 5.91 Å². The van der Waals surface area contributed by atoms with Crippen LogP contribution in [0.1, 0.15) is 38.5 Å². The average Bonchev–Trinajstić information content (AvgIpc) is 2.71. The number of anilines is 1. The number of hydrogen-bond donors (Lipinski definition) is 1. The van der Waals surface area contributed by atoms with Crippen LogP contribution >= 0.6 is 0 Å². The van der Waals surface area contributed by atoms with Gasteiger partial charge in [0, 0.05) is 6.42 Å². The zero-order valence-electron chi connectivity index (χ0n) is 16.7. The highest BCUT2D eigenvalue weighted by Crippen LogP contribution is 2.24. The standard InChI is InChI=1S/C22H31NO5/c1-4-6-17-28-19-13-11-10-12-18(19)23-22(25)20(27-16-5-2)14-8-7-9-15-21(24)26-3/h4-5,10-13,20H,1-2,6-9,14-17H2,3H3,(H,23,25). The minimum atomic E-state index is -0.600. The molecule has 1 amide bonds. The second-order valence-corrected chi connectivity index (χ2v) is 6.20. The van der Waals surface area contributed by atoms with E-state index in [0.717, 1.165) is 25.7 Å². The molecule has 6 heteroatoms. The molecular formula is C22H31NO5. The molecule has 0 saturated heterocycles. The molecule has 1 rings (SSSR count). The van der Waals surface area contributed by atoms with Crippen LogP contribution in [0.25, 0.3) is 0 Å². The molecule has 0 saturated carbocycles. The first-order valence-corrected chi connectivity index (χ1v) is 9.55. The lowest BCUT2D eigenvalue weighted by molar-refractivity contribution is -0.140. The summed E-state index contributed by atoms with van der Waals surface area (Å²) < 4.78 is 16.0. The molecular weight excluding hydrogens is 358 g/mol. The lowest BCUT2D eigenvalue weighted by atomic mass is 10.1. The minimum absolute atomic E-state index is 0.217. The summed E-state index contributed by atoms with van der Waals surface area (Å²) in [7, 11) is 1.38. The number of unbranched alkanes of at least 4 members (excludes halogenated alkanes) is 2. The third-order valence-electron chi connectivity index (χ3n) is 4.01. The van der Waals surface area contributed by atoms with E-state index in [4.69, 9.17) is 9.47 Å². The molecule has 6 nitrogen and oxygen atoms in total. The fourth-order valence-corrected chi connectivity index (χ4v) is 2.51. The number of ether oxygens (including phenoxy) is 3. The fourth-order valence-electron chi connectivity index (χ4n) is 2.51. The maximum Gasteiger partial charge on any atom is 0.305 e. The molecule has 0 aliphatic heterocycles. The highest BCUT2D eigenvalue weighted by molar-refractivity contribution is 5.95. The molecule has 154 valence electrons. The number of amides is 1. The molecule has 1 N–H and O–H groups in total. The van der Waals surface area contributed by atoms with Crippen LogP contribution in [0.4, 0.5) is 5.69 Å².